The van der Waals surface area contributed by atoms with Crippen molar-refractivity contribution in [2.45, 2.75) is 13.0 Å². The molecule has 1 unspecified atom stereocenters. The van der Waals surface area contributed by atoms with Crippen molar-refractivity contribution >= 4 is 15.9 Å². The van der Waals surface area contributed by atoms with Crippen LogP contribution < -0.4 is 10.1 Å². The summed E-state index contributed by atoms with van der Waals surface area (Å²) in [7, 11) is 1.60. The first-order chi connectivity index (χ1) is 10.1. The molecule has 5 heteroatoms. The molecule has 2 aromatic carbocycles. The third-order valence-corrected chi connectivity index (χ3v) is 4.04. The molecule has 0 bridgehead atoms. The van der Waals surface area contributed by atoms with E-state index >= 15 is 0 Å². The molecule has 0 saturated carbocycles. The van der Waals surface area contributed by atoms with E-state index in [-0.39, 0.29) is 10.5 Å². The van der Waals surface area contributed by atoms with Gasteiger partial charge in [-0.3, -0.25) is 0 Å². The highest BCUT2D eigenvalue weighted by atomic mass is 79.9. The second kappa shape index (κ2) is 7.00. The standard InChI is InChI=1S/C16H16BrF2NO/c1-3-20-16(10-4-6-11(21-2)7-5-10)12-8-9-13(18)15(19)14(12)17/h4-9,16,20H,3H2,1-2H3. The monoisotopic (exact) mass is 355 g/mol. The lowest BCUT2D eigenvalue weighted by atomic mass is 9.98. The van der Waals surface area contributed by atoms with Gasteiger partial charge in [0, 0.05) is 0 Å². The minimum Gasteiger partial charge on any atom is -0.497 e. The summed E-state index contributed by atoms with van der Waals surface area (Å²) < 4.78 is 32.3. The van der Waals surface area contributed by atoms with Crippen LogP contribution in [0.1, 0.15) is 24.1 Å². The van der Waals surface area contributed by atoms with Gasteiger partial charge >= 0.3 is 0 Å². The molecule has 0 aliphatic heterocycles. The van der Waals surface area contributed by atoms with Gasteiger partial charge < -0.3 is 10.1 Å². The van der Waals surface area contributed by atoms with Crippen molar-refractivity contribution in [3.05, 3.63) is 63.6 Å². The molecule has 2 nitrogen and oxygen atoms in total. The first-order valence-corrected chi connectivity index (χ1v) is 7.38. The molecular weight excluding hydrogens is 340 g/mol. The van der Waals surface area contributed by atoms with Crippen LogP contribution in [-0.2, 0) is 0 Å². The van der Waals surface area contributed by atoms with E-state index < -0.39 is 11.6 Å². The summed E-state index contributed by atoms with van der Waals surface area (Å²) in [5, 5.41) is 3.28. The maximum absolute atomic E-state index is 13.8. The molecule has 0 aliphatic carbocycles. The van der Waals surface area contributed by atoms with Crippen LogP contribution in [0, 0.1) is 11.6 Å². The van der Waals surface area contributed by atoms with Crippen molar-refractivity contribution in [1.29, 1.82) is 0 Å². The smallest absolute Gasteiger partial charge is 0.173 e. The minimum atomic E-state index is -0.871. The fourth-order valence-electron chi connectivity index (χ4n) is 2.17. The summed E-state index contributed by atoms with van der Waals surface area (Å²) in [4.78, 5) is 0. The van der Waals surface area contributed by atoms with Gasteiger partial charge in [-0.1, -0.05) is 25.1 Å². The van der Waals surface area contributed by atoms with E-state index in [0.717, 1.165) is 17.4 Å². The molecule has 0 radical (unpaired) electrons. The lowest BCUT2D eigenvalue weighted by Gasteiger charge is -2.21. The van der Waals surface area contributed by atoms with Gasteiger partial charge in [0.05, 0.1) is 17.6 Å². The zero-order chi connectivity index (χ0) is 15.4. The van der Waals surface area contributed by atoms with E-state index in [4.69, 9.17) is 4.74 Å². The number of nitrogens with one attached hydrogen (secondary N) is 1. The topological polar surface area (TPSA) is 21.3 Å². The summed E-state index contributed by atoms with van der Waals surface area (Å²) in [6.07, 6.45) is 0. The second-order valence-electron chi connectivity index (χ2n) is 4.53. The van der Waals surface area contributed by atoms with Crippen LogP contribution in [0.3, 0.4) is 0 Å². The summed E-state index contributed by atoms with van der Waals surface area (Å²) in [5.41, 5.74) is 1.60. The first kappa shape index (κ1) is 15.9. The van der Waals surface area contributed by atoms with E-state index in [9.17, 15) is 8.78 Å². The average Bonchev–Trinajstić information content (AvgIpc) is 2.51. The van der Waals surface area contributed by atoms with Gasteiger partial charge in [0.25, 0.3) is 0 Å². The Kier molecular flexibility index (Phi) is 5.31. The Labute approximate surface area is 131 Å². The molecule has 1 N–H and O–H groups in total. The molecule has 0 heterocycles. The Morgan fingerprint density at radius 2 is 1.81 bits per heavy atom. The summed E-state index contributed by atoms with van der Waals surface area (Å²) in [6.45, 7) is 2.66. The fraction of sp³-hybridized carbons (Fsp3) is 0.250. The van der Waals surface area contributed by atoms with Crippen LogP contribution in [0.2, 0.25) is 0 Å². The maximum Gasteiger partial charge on any atom is 0.173 e. The number of hydrogen-bond donors (Lipinski definition) is 1. The Morgan fingerprint density at radius 1 is 1.14 bits per heavy atom. The largest absolute Gasteiger partial charge is 0.497 e. The Hall–Kier alpha value is -1.46. The lowest BCUT2D eigenvalue weighted by molar-refractivity contribution is 0.414. The number of benzene rings is 2. The van der Waals surface area contributed by atoms with Crippen molar-refractivity contribution in [2.24, 2.45) is 0 Å². The molecule has 0 fully saturated rings. The van der Waals surface area contributed by atoms with E-state index in [0.29, 0.717) is 12.1 Å². The Balaban J connectivity index is 2.45. The number of methoxy groups -OCH3 is 1. The Bertz CT molecular complexity index is 616. The van der Waals surface area contributed by atoms with Crippen molar-refractivity contribution in [3.63, 3.8) is 0 Å². The normalized spacial score (nSPS) is 12.2. The van der Waals surface area contributed by atoms with Crippen LogP contribution >= 0.6 is 15.9 Å². The molecule has 21 heavy (non-hydrogen) atoms. The summed E-state index contributed by atoms with van der Waals surface area (Å²) in [6, 6.07) is 9.98. The van der Waals surface area contributed by atoms with E-state index in [1.807, 2.05) is 31.2 Å². The SMILES string of the molecule is CCNC(c1ccc(OC)cc1)c1ccc(F)c(F)c1Br. The molecule has 0 saturated heterocycles. The fourth-order valence-corrected chi connectivity index (χ4v) is 2.72. The van der Waals surface area contributed by atoms with Gasteiger partial charge in [-0.05, 0) is 51.8 Å². The number of rotatable bonds is 5. The average molecular weight is 356 g/mol. The third-order valence-electron chi connectivity index (χ3n) is 3.23. The van der Waals surface area contributed by atoms with Crippen molar-refractivity contribution < 1.29 is 13.5 Å². The highest BCUT2D eigenvalue weighted by Gasteiger charge is 2.20. The summed E-state index contributed by atoms with van der Waals surface area (Å²) in [5.74, 6) is -0.988. The molecular formula is C16H16BrF2NO. The zero-order valence-electron chi connectivity index (χ0n) is 11.8. The number of ether oxygens (including phenoxy) is 1. The molecule has 112 valence electrons. The molecule has 0 spiro atoms. The van der Waals surface area contributed by atoms with Gasteiger partial charge in [0.15, 0.2) is 11.6 Å². The highest BCUT2D eigenvalue weighted by molar-refractivity contribution is 9.10. The predicted molar refractivity (Wildman–Crippen MR) is 82.6 cm³/mol. The van der Waals surface area contributed by atoms with Crippen molar-refractivity contribution in [2.75, 3.05) is 13.7 Å². The van der Waals surface area contributed by atoms with Crippen molar-refractivity contribution in [1.82, 2.24) is 5.32 Å². The maximum atomic E-state index is 13.8. The second-order valence-corrected chi connectivity index (χ2v) is 5.32. The van der Waals surface area contributed by atoms with Crippen LogP contribution in [0.4, 0.5) is 8.78 Å². The summed E-state index contributed by atoms with van der Waals surface area (Å²) >= 11 is 3.15. The molecule has 0 amide bonds. The number of halogens is 3. The molecule has 0 aromatic heterocycles. The number of hydrogen-bond acceptors (Lipinski definition) is 2. The molecule has 2 rings (SSSR count). The van der Waals surface area contributed by atoms with E-state index in [1.54, 1.807) is 13.2 Å². The van der Waals surface area contributed by atoms with Crippen LogP contribution in [0.15, 0.2) is 40.9 Å². The molecule has 2 aromatic rings. The van der Waals surface area contributed by atoms with Crippen molar-refractivity contribution in [3.8, 4) is 5.75 Å². The van der Waals surface area contributed by atoms with E-state index in [2.05, 4.69) is 21.2 Å². The van der Waals surface area contributed by atoms with Crippen LogP contribution in [0.25, 0.3) is 0 Å². The van der Waals surface area contributed by atoms with Gasteiger partial charge in [0.1, 0.15) is 5.75 Å². The molecule has 1 atom stereocenters. The van der Waals surface area contributed by atoms with Gasteiger partial charge in [-0.2, -0.15) is 0 Å². The quantitative estimate of drug-likeness (QED) is 0.800. The van der Waals surface area contributed by atoms with Gasteiger partial charge in [0.2, 0.25) is 0 Å². The predicted octanol–water partition coefficient (Wildman–Crippen LogP) is 4.43. The first-order valence-electron chi connectivity index (χ1n) is 6.59. The van der Waals surface area contributed by atoms with Gasteiger partial charge in [-0.25, -0.2) is 8.78 Å². The third kappa shape index (κ3) is 3.41. The zero-order valence-corrected chi connectivity index (χ0v) is 13.4. The van der Waals surface area contributed by atoms with Crippen LogP contribution in [-0.4, -0.2) is 13.7 Å². The Morgan fingerprint density at radius 3 is 2.38 bits per heavy atom. The van der Waals surface area contributed by atoms with E-state index in [1.165, 1.54) is 0 Å². The molecule has 0 aliphatic rings. The van der Waals surface area contributed by atoms with Gasteiger partial charge in [-0.15, -0.1) is 0 Å². The lowest BCUT2D eigenvalue weighted by Crippen LogP contribution is -2.22. The highest BCUT2D eigenvalue weighted by Crippen LogP contribution is 2.32. The van der Waals surface area contributed by atoms with Crippen LogP contribution in [0.5, 0.6) is 5.75 Å². The minimum absolute atomic E-state index is 0.143.